The Balaban J connectivity index is 1.78. The van der Waals surface area contributed by atoms with E-state index in [1.54, 1.807) is 0 Å². The minimum Gasteiger partial charge on any atom is -0.349 e. The van der Waals surface area contributed by atoms with Gasteiger partial charge in [-0.05, 0) is 43.6 Å². The number of amides is 1. The number of rotatable bonds is 3. The fraction of sp³-hybridized carbons (Fsp3) is 0.562. The first kappa shape index (κ1) is 16.2. The SMILES string of the molecule is NC1CC2CCCC(C1)C2NC(=O)c1cc(Cl)cc([N+](=O)[O-])c1. The number of carbonyl (C=O) groups is 1. The fourth-order valence-electron chi connectivity index (χ4n) is 4.07. The Hall–Kier alpha value is -1.66. The molecule has 2 fully saturated rings. The summed E-state index contributed by atoms with van der Waals surface area (Å²) in [4.78, 5) is 22.9. The minimum atomic E-state index is -0.545. The van der Waals surface area contributed by atoms with Crippen molar-refractivity contribution in [3.05, 3.63) is 38.9 Å². The van der Waals surface area contributed by atoms with Crippen LogP contribution in [0.1, 0.15) is 42.5 Å². The lowest BCUT2D eigenvalue weighted by atomic mass is 9.67. The molecule has 0 spiro atoms. The lowest BCUT2D eigenvalue weighted by Gasteiger charge is -2.45. The van der Waals surface area contributed by atoms with Crippen LogP contribution in [-0.2, 0) is 0 Å². The summed E-state index contributed by atoms with van der Waals surface area (Å²) in [5, 5.41) is 14.2. The molecule has 0 aromatic heterocycles. The van der Waals surface area contributed by atoms with Gasteiger partial charge in [-0.1, -0.05) is 18.0 Å². The highest BCUT2D eigenvalue weighted by molar-refractivity contribution is 6.31. The van der Waals surface area contributed by atoms with Crippen LogP contribution in [0.4, 0.5) is 5.69 Å². The van der Waals surface area contributed by atoms with Gasteiger partial charge in [-0.3, -0.25) is 14.9 Å². The predicted molar refractivity (Wildman–Crippen MR) is 87.4 cm³/mol. The van der Waals surface area contributed by atoms with E-state index in [9.17, 15) is 14.9 Å². The van der Waals surface area contributed by atoms with Crippen molar-refractivity contribution in [3.8, 4) is 0 Å². The number of nitrogens with two attached hydrogens (primary N) is 1. The number of hydrogen-bond acceptors (Lipinski definition) is 4. The van der Waals surface area contributed by atoms with E-state index in [2.05, 4.69) is 5.32 Å². The summed E-state index contributed by atoms with van der Waals surface area (Å²) in [7, 11) is 0. The zero-order chi connectivity index (χ0) is 16.6. The van der Waals surface area contributed by atoms with E-state index in [1.165, 1.54) is 24.6 Å². The molecular formula is C16H20ClN3O3. The van der Waals surface area contributed by atoms with Crippen molar-refractivity contribution >= 4 is 23.2 Å². The number of nitrogens with one attached hydrogen (secondary N) is 1. The van der Waals surface area contributed by atoms with Crippen LogP contribution >= 0.6 is 11.6 Å². The van der Waals surface area contributed by atoms with Crippen molar-refractivity contribution in [1.29, 1.82) is 0 Å². The highest BCUT2D eigenvalue weighted by Gasteiger charge is 2.40. The van der Waals surface area contributed by atoms with E-state index in [0.717, 1.165) is 25.7 Å². The topological polar surface area (TPSA) is 98.3 Å². The summed E-state index contributed by atoms with van der Waals surface area (Å²) < 4.78 is 0. The zero-order valence-corrected chi connectivity index (χ0v) is 13.5. The van der Waals surface area contributed by atoms with Crippen LogP contribution in [0.2, 0.25) is 5.02 Å². The van der Waals surface area contributed by atoms with Gasteiger partial charge < -0.3 is 11.1 Å². The van der Waals surface area contributed by atoms with Crippen molar-refractivity contribution < 1.29 is 9.72 Å². The molecule has 0 heterocycles. The summed E-state index contributed by atoms with van der Waals surface area (Å²) in [6.07, 6.45) is 5.18. The molecule has 6 nitrogen and oxygen atoms in total. The minimum absolute atomic E-state index is 0.106. The summed E-state index contributed by atoms with van der Waals surface area (Å²) in [6.45, 7) is 0. The van der Waals surface area contributed by atoms with Crippen molar-refractivity contribution in [3.63, 3.8) is 0 Å². The molecule has 1 aromatic carbocycles. The van der Waals surface area contributed by atoms with Gasteiger partial charge in [0.1, 0.15) is 0 Å². The first-order valence-corrected chi connectivity index (χ1v) is 8.33. The van der Waals surface area contributed by atoms with Crippen molar-refractivity contribution in [2.24, 2.45) is 17.6 Å². The molecule has 2 unspecified atom stereocenters. The van der Waals surface area contributed by atoms with Gasteiger partial charge in [0.25, 0.3) is 11.6 Å². The maximum absolute atomic E-state index is 12.5. The maximum Gasteiger partial charge on any atom is 0.271 e. The van der Waals surface area contributed by atoms with Gasteiger partial charge in [0.15, 0.2) is 0 Å². The molecule has 2 atom stereocenters. The molecule has 3 N–H and O–H groups in total. The van der Waals surface area contributed by atoms with Crippen LogP contribution < -0.4 is 11.1 Å². The third kappa shape index (κ3) is 3.48. The Morgan fingerprint density at radius 2 is 1.91 bits per heavy atom. The number of carbonyl (C=O) groups excluding carboxylic acids is 1. The molecule has 0 aliphatic heterocycles. The van der Waals surface area contributed by atoms with Gasteiger partial charge in [-0.25, -0.2) is 0 Å². The van der Waals surface area contributed by atoms with E-state index < -0.39 is 4.92 Å². The highest BCUT2D eigenvalue weighted by atomic mass is 35.5. The lowest BCUT2D eigenvalue weighted by Crippen LogP contribution is -2.53. The number of nitrogens with zero attached hydrogens (tertiary/aromatic N) is 1. The number of nitro groups is 1. The Morgan fingerprint density at radius 1 is 1.26 bits per heavy atom. The normalized spacial score (nSPS) is 29.8. The summed E-state index contributed by atoms with van der Waals surface area (Å²) in [5.41, 5.74) is 6.16. The van der Waals surface area contributed by atoms with Gasteiger partial charge in [0.05, 0.1) is 4.92 Å². The molecule has 3 rings (SSSR count). The van der Waals surface area contributed by atoms with Gasteiger partial charge in [-0.15, -0.1) is 0 Å². The van der Waals surface area contributed by atoms with Gasteiger partial charge in [0, 0.05) is 34.8 Å². The van der Waals surface area contributed by atoms with E-state index in [4.69, 9.17) is 17.3 Å². The van der Waals surface area contributed by atoms with E-state index >= 15 is 0 Å². The van der Waals surface area contributed by atoms with Crippen molar-refractivity contribution in [2.75, 3.05) is 0 Å². The zero-order valence-electron chi connectivity index (χ0n) is 12.7. The lowest BCUT2D eigenvalue weighted by molar-refractivity contribution is -0.384. The van der Waals surface area contributed by atoms with Crippen LogP contribution in [0.5, 0.6) is 0 Å². The van der Waals surface area contributed by atoms with Crippen LogP contribution in [0.3, 0.4) is 0 Å². The number of non-ortho nitro benzene ring substituents is 1. The maximum atomic E-state index is 12.5. The molecule has 2 aliphatic carbocycles. The van der Waals surface area contributed by atoms with Crippen LogP contribution in [0.15, 0.2) is 18.2 Å². The second-order valence-electron chi connectivity index (χ2n) is 6.64. The molecule has 1 aromatic rings. The van der Waals surface area contributed by atoms with Crippen molar-refractivity contribution in [2.45, 2.75) is 44.2 Å². The molecule has 0 saturated heterocycles. The first-order chi connectivity index (χ1) is 10.9. The molecule has 1 amide bonds. The molecule has 2 saturated carbocycles. The van der Waals surface area contributed by atoms with Crippen molar-refractivity contribution in [1.82, 2.24) is 5.32 Å². The average Bonchev–Trinajstić information content (AvgIpc) is 2.47. The highest BCUT2D eigenvalue weighted by Crippen LogP contribution is 2.39. The van der Waals surface area contributed by atoms with E-state index in [0.29, 0.717) is 11.8 Å². The van der Waals surface area contributed by atoms with Crippen LogP contribution in [-0.4, -0.2) is 22.9 Å². The van der Waals surface area contributed by atoms with Gasteiger partial charge >= 0.3 is 0 Å². The first-order valence-electron chi connectivity index (χ1n) is 7.95. The van der Waals surface area contributed by atoms with Crippen LogP contribution in [0.25, 0.3) is 0 Å². The Kier molecular flexibility index (Phi) is 4.55. The molecule has 23 heavy (non-hydrogen) atoms. The van der Waals surface area contributed by atoms with E-state index in [1.807, 2.05) is 0 Å². The van der Waals surface area contributed by atoms with E-state index in [-0.39, 0.29) is 34.3 Å². The quantitative estimate of drug-likeness (QED) is 0.654. The van der Waals surface area contributed by atoms with Gasteiger partial charge in [-0.2, -0.15) is 0 Å². The number of fused-ring (bicyclic) bond motifs is 2. The standard InChI is InChI=1S/C16H20ClN3O3/c17-12-4-11(7-14(8-12)20(22)23)16(21)19-15-9-2-1-3-10(15)6-13(18)5-9/h4,7-10,13,15H,1-3,5-6,18H2,(H,19,21). The average molecular weight is 338 g/mol. The third-order valence-corrected chi connectivity index (χ3v) is 5.25. The number of hydrogen-bond donors (Lipinski definition) is 2. The monoisotopic (exact) mass is 337 g/mol. The Labute approximate surface area is 139 Å². The summed E-state index contributed by atoms with van der Waals surface area (Å²) in [6, 6.07) is 4.30. The molecule has 0 radical (unpaired) electrons. The number of benzene rings is 1. The largest absolute Gasteiger partial charge is 0.349 e. The smallest absolute Gasteiger partial charge is 0.271 e. The third-order valence-electron chi connectivity index (χ3n) is 5.03. The fourth-order valence-corrected chi connectivity index (χ4v) is 4.30. The molecule has 2 bridgehead atoms. The van der Waals surface area contributed by atoms with Gasteiger partial charge in [0.2, 0.25) is 0 Å². The second kappa shape index (κ2) is 6.45. The second-order valence-corrected chi connectivity index (χ2v) is 7.07. The summed E-state index contributed by atoms with van der Waals surface area (Å²) >= 11 is 5.89. The predicted octanol–water partition coefficient (Wildman–Crippen LogP) is 2.88. The molecular weight excluding hydrogens is 318 g/mol. The number of halogens is 1. The molecule has 2 aliphatic rings. The Bertz CT molecular complexity index is 623. The Morgan fingerprint density at radius 3 is 2.52 bits per heavy atom. The summed E-state index contributed by atoms with van der Waals surface area (Å²) in [5.74, 6) is 0.499. The number of nitro benzene ring substituents is 1. The molecule has 124 valence electrons. The molecule has 7 heteroatoms. The van der Waals surface area contributed by atoms with Crippen LogP contribution in [0, 0.1) is 22.0 Å².